The van der Waals surface area contributed by atoms with Crippen LogP contribution in [-0.2, 0) is 38.5 Å². The third-order valence-corrected chi connectivity index (χ3v) is 17.7. The van der Waals surface area contributed by atoms with E-state index in [1.807, 2.05) is 0 Å². The predicted octanol–water partition coefficient (Wildman–Crippen LogP) is 12.3. The van der Waals surface area contributed by atoms with Crippen molar-refractivity contribution >= 4 is 81.9 Å². The quantitative estimate of drug-likeness (QED) is 0.0476. The third-order valence-electron chi connectivity index (χ3n) is 14.6. The second-order valence-corrected chi connectivity index (χ2v) is 22.9. The Hall–Kier alpha value is -4.44. The number of benzene rings is 4. The summed E-state index contributed by atoms with van der Waals surface area (Å²) >= 11 is 14.8. The molecule has 2 amide bonds. The monoisotopic (exact) mass is 1060 g/mol. The molecular weight excluding hydrogens is 992 g/mol. The zero-order valence-corrected chi connectivity index (χ0v) is 45.2. The largest absolute Gasteiger partial charge is 0.494 e. The molecule has 4 aromatic carbocycles. The van der Waals surface area contributed by atoms with Crippen molar-refractivity contribution in [1.82, 2.24) is 9.80 Å². The average molecular weight is 1060 g/mol. The lowest BCUT2D eigenvalue weighted by atomic mass is 9.94. The summed E-state index contributed by atoms with van der Waals surface area (Å²) in [4.78, 5) is 62.8. The van der Waals surface area contributed by atoms with Crippen LogP contribution in [0.15, 0.2) is 94.7 Å². The van der Waals surface area contributed by atoms with Crippen LogP contribution < -0.4 is 19.3 Å². The molecule has 2 aliphatic carbocycles. The lowest BCUT2D eigenvalue weighted by Crippen LogP contribution is -2.52. The van der Waals surface area contributed by atoms with E-state index in [0.29, 0.717) is 68.0 Å². The SMILES string of the molecule is CN1C(=O)C(OC(=O)C(=O)OC2(c3ccc(OCCCCCN(C)C4CCCCC4)cc3)Sc3cc(Cl)ccc3N(C)C2=O)(c2ccc(OCCCCCN(C)C3CCCCC3)cc2)Sc2cc(Cl)ccc21. The minimum absolute atomic E-state index is 0.276. The number of carbonyl (C=O) groups is 4. The number of nitrogens with zero attached hydrogens (tertiary/aromatic N) is 4. The number of thioether (sulfide) groups is 2. The molecule has 72 heavy (non-hydrogen) atoms. The molecule has 2 saturated carbocycles. The maximum atomic E-state index is 14.7. The molecule has 0 radical (unpaired) electrons. The number of likely N-dealkylation sites (N-methyl/N-ethyl adjacent to an activating group) is 2. The lowest BCUT2D eigenvalue weighted by molar-refractivity contribution is -0.180. The van der Waals surface area contributed by atoms with Crippen LogP contribution in [0.4, 0.5) is 11.4 Å². The minimum Gasteiger partial charge on any atom is -0.494 e. The normalized spacial score (nSPS) is 20.6. The van der Waals surface area contributed by atoms with Gasteiger partial charge in [0.25, 0.3) is 21.7 Å². The number of rotatable bonds is 20. The van der Waals surface area contributed by atoms with Crippen LogP contribution in [0.5, 0.6) is 11.5 Å². The van der Waals surface area contributed by atoms with E-state index < -0.39 is 33.6 Å². The number of halogens is 2. The van der Waals surface area contributed by atoms with Gasteiger partial charge in [-0.3, -0.25) is 9.59 Å². The highest BCUT2D eigenvalue weighted by atomic mass is 35.5. The van der Waals surface area contributed by atoms with E-state index in [1.165, 1.54) is 74.0 Å². The first-order chi connectivity index (χ1) is 34.8. The zero-order chi connectivity index (χ0) is 50.8. The average Bonchev–Trinajstić information content (AvgIpc) is 3.39. The van der Waals surface area contributed by atoms with Gasteiger partial charge in [0.15, 0.2) is 0 Å². The first-order valence-corrected chi connectivity index (χ1v) is 28.0. The highest BCUT2D eigenvalue weighted by Gasteiger charge is 2.56. The molecule has 4 aliphatic rings. The molecule has 2 unspecified atom stereocenters. The Kier molecular flexibility index (Phi) is 18.5. The number of fused-ring (bicyclic) bond motifs is 2. The maximum absolute atomic E-state index is 14.7. The van der Waals surface area contributed by atoms with Gasteiger partial charge in [-0.25, -0.2) is 9.59 Å². The van der Waals surface area contributed by atoms with Crippen LogP contribution in [0, 0.1) is 0 Å². The van der Waals surface area contributed by atoms with Gasteiger partial charge in [-0.05, 0) is 176 Å². The molecule has 0 saturated heterocycles. The summed E-state index contributed by atoms with van der Waals surface area (Å²) in [5.41, 5.74) is 1.64. The maximum Gasteiger partial charge on any atom is 0.419 e. The van der Waals surface area contributed by atoms with Crippen molar-refractivity contribution in [2.24, 2.45) is 0 Å². The van der Waals surface area contributed by atoms with Crippen LogP contribution in [0.3, 0.4) is 0 Å². The Morgan fingerprint density at radius 2 is 0.931 bits per heavy atom. The molecule has 8 rings (SSSR count). The number of esters is 2. The number of ether oxygens (including phenoxy) is 4. The number of unbranched alkanes of at least 4 members (excludes halogenated alkanes) is 4. The van der Waals surface area contributed by atoms with Crippen molar-refractivity contribution in [3.05, 3.63) is 106 Å². The van der Waals surface area contributed by atoms with Gasteiger partial charge in [0, 0.05) is 57.1 Å². The number of hydrogen-bond acceptors (Lipinski definition) is 12. The van der Waals surface area contributed by atoms with Crippen molar-refractivity contribution in [2.45, 2.75) is 134 Å². The molecule has 12 nitrogen and oxygen atoms in total. The summed E-state index contributed by atoms with van der Waals surface area (Å²) in [5.74, 6) is -3.07. The number of hydrogen-bond donors (Lipinski definition) is 0. The van der Waals surface area contributed by atoms with Crippen molar-refractivity contribution in [3.8, 4) is 11.5 Å². The Morgan fingerprint density at radius 1 is 0.556 bits per heavy atom. The third kappa shape index (κ3) is 12.5. The number of amides is 2. The van der Waals surface area contributed by atoms with Crippen molar-refractivity contribution < 1.29 is 38.1 Å². The van der Waals surface area contributed by atoms with Crippen LogP contribution in [0.2, 0.25) is 10.0 Å². The molecular formula is C56H68Cl2N4O8S2. The molecule has 0 bridgehead atoms. The van der Waals surface area contributed by atoms with Crippen LogP contribution in [0.25, 0.3) is 0 Å². The Morgan fingerprint density at radius 3 is 1.31 bits per heavy atom. The topological polar surface area (TPSA) is 118 Å². The van der Waals surface area contributed by atoms with E-state index in [4.69, 9.17) is 42.1 Å². The van der Waals surface area contributed by atoms with Crippen molar-refractivity contribution in [1.29, 1.82) is 0 Å². The lowest BCUT2D eigenvalue weighted by Gasteiger charge is -2.41. The molecule has 2 fully saturated rings. The molecule has 0 spiro atoms. The first-order valence-electron chi connectivity index (χ1n) is 25.6. The second-order valence-electron chi connectivity index (χ2n) is 19.6. The van der Waals surface area contributed by atoms with Gasteiger partial charge in [-0.15, -0.1) is 0 Å². The molecule has 16 heteroatoms. The van der Waals surface area contributed by atoms with Gasteiger partial charge in [-0.2, -0.15) is 0 Å². The first kappa shape index (κ1) is 53.8. The molecule has 2 heterocycles. The highest BCUT2D eigenvalue weighted by molar-refractivity contribution is 8.01. The van der Waals surface area contributed by atoms with Gasteiger partial charge >= 0.3 is 11.9 Å². The molecule has 2 atom stereocenters. The number of anilines is 2. The standard InChI is InChI=1S/C56H68Cl2N4O8S2/c1-59(43-17-9-5-10-18-43)33-13-7-15-35-67-45-27-21-39(22-28-45)55(53(65)61(3)47-31-25-41(57)37-49(47)71-55)69-51(63)52(64)70-56(54(66)62(4)48-32-26-42(58)38-50(48)72-56)40-23-29-46(30-24-40)68-36-16-8-14-34-60(2)44-19-11-6-12-20-44/h21-32,37-38,43-44H,5-20,33-36H2,1-4H3. The molecule has 0 N–H and O–H groups in total. The summed E-state index contributed by atoms with van der Waals surface area (Å²) in [6.07, 6.45) is 19.1. The van der Waals surface area contributed by atoms with E-state index in [2.05, 4.69) is 23.9 Å². The number of carbonyl (C=O) groups excluding carboxylic acids is 4. The molecule has 2 aliphatic heterocycles. The highest BCUT2D eigenvalue weighted by Crippen LogP contribution is 2.54. The van der Waals surface area contributed by atoms with Gasteiger partial charge in [0.1, 0.15) is 11.5 Å². The molecule has 0 aromatic heterocycles. The van der Waals surface area contributed by atoms with E-state index in [1.54, 1.807) is 99.0 Å². The van der Waals surface area contributed by atoms with E-state index in [0.717, 1.165) is 75.1 Å². The fourth-order valence-electron chi connectivity index (χ4n) is 10.3. The second kappa shape index (κ2) is 24.7. The van der Waals surface area contributed by atoms with E-state index >= 15 is 0 Å². The minimum atomic E-state index is -2.11. The predicted molar refractivity (Wildman–Crippen MR) is 288 cm³/mol. The van der Waals surface area contributed by atoms with Crippen molar-refractivity contribution in [3.63, 3.8) is 0 Å². The summed E-state index contributed by atoms with van der Waals surface area (Å²) in [6, 6.07) is 25.0. The Balaban J connectivity index is 0.972. The van der Waals surface area contributed by atoms with E-state index in [-0.39, 0.29) is 11.1 Å². The van der Waals surface area contributed by atoms with Gasteiger partial charge in [-0.1, -0.05) is 85.3 Å². The summed E-state index contributed by atoms with van der Waals surface area (Å²) < 4.78 is 24.5. The summed E-state index contributed by atoms with van der Waals surface area (Å²) in [7, 11) is 7.60. The summed E-state index contributed by atoms with van der Waals surface area (Å²) in [5, 5.41) is 0.800. The molecule has 4 aromatic rings. The smallest absolute Gasteiger partial charge is 0.419 e. The van der Waals surface area contributed by atoms with Crippen LogP contribution in [0.1, 0.15) is 114 Å². The van der Waals surface area contributed by atoms with Crippen LogP contribution >= 0.6 is 46.7 Å². The van der Waals surface area contributed by atoms with E-state index in [9.17, 15) is 19.2 Å². The van der Waals surface area contributed by atoms with Gasteiger partial charge in [0.05, 0.1) is 24.6 Å². The fourth-order valence-corrected chi connectivity index (χ4v) is 13.6. The molecule has 386 valence electrons. The summed E-state index contributed by atoms with van der Waals surface area (Å²) in [6.45, 7) is 3.16. The Labute approximate surface area is 443 Å². The Bertz CT molecular complexity index is 2350. The van der Waals surface area contributed by atoms with Crippen molar-refractivity contribution in [2.75, 3.05) is 64.3 Å². The fraction of sp³-hybridized carbons (Fsp3) is 0.500. The van der Waals surface area contributed by atoms with Gasteiger partial charge < -0.3 is 38.5 Å². The van der Waals surface area contributed by atoms with Crippen LogP contribution in [-0.4, -0.2) is 100 Å². The van der Waals surface area contributed by atoms with Gasteiger partial charge in [0.2, 0.25) is 0 Å². The zero-order valence-electron chi connectivity index (χ0n) is 42.0.